The normalized spacial score (nSPS) is 18.3. The summed E-state index contributed by atoms with van der Waals surface area (Å²) in [5.74, 6) is 6.89. The Labute approximate surface area is 311 Å². The zero-order valence-electron chi connectivity index (χ0n) is 31.2. The third kappa shape index (κ3) is 8.48. The van der Waals surface area contributed by atoms with Crippen LogP contribution in [0.25, 0.3) is 33.4 Å². The first-order valence-electron chi connectivity index (χ1n) is 20.7. The Kier molecular flexibility index (Phi) is 9.91. The summed E-state index contributed by atoms with van der Waals surface area (Å²) in [6.45, 7) is 5.17. The highest BCUT2D eigenvalue weighted by Crippen LogP contribution is 2.56. The van der Waals surface area contributed by atoms with Crippen molar-refractivity contribution in [3.8, 4) is 56.4 Å². The van der Waals surface area contributed by atoms with Crippen LogP contribution in [0, 0.1) is 29.6 Å². The third-order valence-electron chi connectivity index (χ3n) is 11.8. The van der Waals surface area contributed by atoms with Crippen molar-refractivity contribution in [2.75, 3.05) is 26.4 Å². The molecule has 5 saturated carbocycles. The molecule has 5 aliphatic carbocycles. The molecule has 0 bridgehead atoms. The van der Waals surface area contributed by atoms with Gasteiger partial charge in [-0.3, -0.25) is 0 Å². The van der Waals surface area contributed by atoms with Crippen molar-refractivity contribution >= 4 is 0 Å². The molecule has 5 fully saturated rings. The monoisotopic (exact) mass is 696 g/mol. The quantitative estimate of drug-likeness (QED) is 0.0922. The van der Waals surface area contributed by atoms with Crippen LogP contribution in [0.2, 0.25) is 0 Å². The maximum absolute atomic E-state index is 6.99. The van der Waals surface area contributed by atoms with Gasteiger partial charge in [0.1, 0.15) is 5.75 Å². The van der Waals surface area contributed by atoms with Gasteiger partial charge in [0.25, 0.3) is 0 Å². The van der Waals surface area contributed by atoms with Crippen LogP contribution < -0.4 is 18.9 Å². The summed E-state index contributed by atoms with van der Waals surface area (Å²) in [4.78, 5) is 0. The molecule has 272 valence electrons. The lowest BCUT2D eigenvalue weighted by atomic mass is 9.93. The smallest absolute Gasteiger partial charge is 0.204 e. The highest BCUT2D eigenvalue weighted by Gasteiger charge is 2.35. The number of benzene rings is 4. The SMILES string of the molecule is CCCc1ccc(-c2ccc(-c3ccc(-c4c(OCC5CC5)c(CCC5CC5)c(OCC5CC5)c(OCC5CC5)c4OCC4CC4)cc3)cc2)cc1. The van der Waals surface area contributed by atoms with Crippen LogP contribution in [0.5, 0.6) is 23.0 Å². The molecule has 9 rings (SSSR count). The molecule has 4 aromatic rings. The first-order valence-corrected chi connectivity index (χ1v) is 20.7. The van der Waals surface area contributed by atoms with Crippen LogP contribution in [0.4, 0.5) is 0 Å². The maximum Gasteiger partial charge on any atom is 0.204 e. The van der Waals surface area contributed by atoms with Gasteiger partial charge < -0.3 is 18.9 Å². The number of aryl methyl sites for hydroxylation is 1. The lowest BCUT2D eigenvalue weighted by molar-refractivity contribution is 0.223. The van der Waals surface area contributed by atoms with E-state index in [1.165, 1.54) is 110 Å². The average molecular weight is 697 g/mol. The van der Waals surface area contributed by atoms with E-state index in [2.05, 4.69) is 79.7 Å². The second-order valence-corrected chi connectivity index (χ2v) is 16.8. The first kappa shape index (κ1) is 33.9. The number of hydrogen-bond acceptors (Lipinski definition) is 4. The van der Waals surface area contributed by atoms with E-state index in [9.17, 15) is 0 Å². The summed E-state index contributed by atoms with van der Waals surface area (Å²) in [7, 11) is 0. The standard InChI is InChI=1S/C48H56O4/c1-2-3-32-14-17-38(18-15-32)39-19-21-40(22-20-39)41-23-25-42(26-24-41)44-45(49-28-34-6-7-34)43(27-16-33-4-5-33)46(50-29-35-8-9-35)48(52-31-37-12-13-37)47(44)51-30-36-10-11-36/h14-15,17-26,33-37H,2-13,16,27-31H2,1H3. The Morgan fingerprint density at radius 3 is 1.23 bits per heavy atom. The summed E-state index contributed by atoms with van der Waals surface area (Å²) >= 11 is 0. The van der Waals surface area contributed by atoms with E-state index in [0.29, 0.717) is 30.3 Å². The zero-order valence-corrected chi connectivity index (χ0v) is 31.2. The van der Waals surface area contributed by atoms with Gasteiger partial charge in [0.15, 0.2) is 11.5 Å². The second kappa shape index (κ2) is 15.2. The maximum atomic E-state index is 6.99. The molecule has 4 heteroatoms. The largest absolute Gasteiger partial charge is 0.492 e. The van der Waals surface area contributed by atoms with Crippen LogP contribution in [0.3, 0.4) is 0 Å². The summed E-state index contributed by atoms with van der Waals surface area (Å²) < 4.78 is 27.7. The molecule has 0 N–H and O–H groups in total. The predicted octanol–water partition coefficient (Wildman–Crippen LogP) is 12.1. The average Bonchev–Trinajstić information content (AvgIpc) is 3.96. The highest BCUT2D eigenvalue weighted by molar-refractivity contribution is 5.86. The van der Waals surface area contributed by atoms with Crippen molar-refractivity contribution in [2.24, 2.45) is 29.6 Å². The fraction of sp³-hybridized carbons (Fsp3) is 0.500. The van der Waals surface area contributed by atoms with Crippen LogP contribution in [0.1, 0.15) is 95.1 Å². The lowest BCUT2D eigenvalue weighted by Gasteiger charge is -2.27. The fourth-order valence-corrected chi connectivity index (χ4v) is 7.32. The van der Waals surface area contributed by atoms with Gasteiger partial charge in [-0.25, -0.2) is 0 Å². The molecular weight excluding hydrogens is 641 g/mol. The van der Waals surface area contributed by atoms with Gasteiger partial charge in [-0.2, -0.15) is 0 Å². The van der Waals surface area contributed by atoms with Crippen molar-refractivity contribution < 1.29 is 18.9 Å². The van der Waals surface area contributed by atoms with E-state index < -0.39 is 0 Å². The lowest BCUT2D eigenvalue weighted by Crippen LogP contribution is -2.13. The predicted molar refractivity (Wildman–Crippen MR) is 211 cm³/mol. The number of hydrogen-bond donors (Lipinski definition) is 0. The van der Waals surface area contributed by atoms with Gasteiger partial charge in [0.05, 0.1) is 32.0 Å². The van der Waals surface area contributed by atoms with Gasteiger partial charge in [-0.05, 0) is 134 Å². The van der Waals surface area contributed by atoms with Crippen molar-refractivity contribution in [3.63, 3.8) is 0 Å². The summed E-state index contributed by atoms with van der Waals surface area (Å²) in [6, 6.07) is 27.1. The molecule has 0 heterocycles. The summed E-state index contributed by atoms with van der Waals surface area (Å²) in [5, 5.41) is 0. The minimum absolute atomic E-state index is 0.616. The van der Waals surface area contributed by atoms with Crippen molar-refractivity contribution in [1.29, 1.82) is 0 Å². The fourth-order valence-electron chi connectivity index (χ4n) is 7.32. The van der Waals surface area contributed by atoms with Crippen LogP contribution in [0.15, 0.2) is 72.8 Å². The third-order valence-corrected chi connectivity index (χ3v) is 11.8. The Morgan fingerprint density at radius 1 is 0.404 bits per heavy atom. The Bertz CT molecular complexity index is 1750. The van der Waals surface area contributed by atoms with Crippen LogP contribution >= 0.6 is 0 Å². The Hall–Kier alpha value is -3.92. The van der Waals surface area contributed by atoms with E-state index in [1.807, 2.05) is 0 Å². The van der Waals surface area contributed by atoms with Gasteiger partial charge in [-0.1, -0.05) is 99.0 Å². The molecule has 0 spiro atoms. The Morgan fingerprint density at radius 2 is 0.788 bits per heavy atom. The van der Waals surface area contributed by atoms with Crippen molar-refractivity contribution in [3.05, 3.63) is 83.9 Å². The van der Waals surface area contributed by atoms with Gasteiger partial charge >= 0.3 is 0 Å². The zero-order chi connectivity index (χ0) is 34.9. The molecule has 5 aliphatic rings. The molecule has 4 aromatic carbocycles. The minimum atomic E-state index is 0.616. The van der Waals surface area contributed by atoms with E-state index in [-0.39, 0.29) is 0 Å². The van der Waals surface area contributed by atoms with Crippen molar-refractivity contribution in [2.45, 2.75) is 96.8 Å². The number of rotatable bonds is 20. The first-order chi connectivity index (χ1) is 25.7. The molecule has 0 amide bonds. The Balaban J connectivity index is 1.09. The molecule has 52 heavy (non-hydrogen) atoms. The number of ether oxygens (including phenoxy) is 4. The van der Waals surface area contributed by atoms with Crippen LogP contribution in [-0.4, -0.2) is 26.4 Å². The molecule has 0 aliphatic heterocycles. The van der Waals surface area contributed by atoms with Crippen LogP contribution in [-0.2, 0) is 12.8 Å². The molecule has 0 saturated heterocycles. The van der Waals surface area contributed by atoms with Gasteiger partial charge in [0, 0.05) is 5.56 Å². The van der Waals surface area contributed by atoms with Gasteiger partial charge in [0.2, 0.25) is 5.75 Å². The highest BCUT2D eigenvalue weighted by atomic mass is 16.5. The summed E-state index contributed by atoms with van der Waals surface area (Å²) in [5.41, 5.74) is 9.73. The van der Waals surface area contributed by atoms with E-state index in [4.69, 9.17) is 18.9 Å². The van der Waals surface area contributed by atoms with E-state index in [1.54, 1.807) is 0 Å². The van der Waals surface area contributed by atoms with E-state index >= 15 is 0 Å². The molecule has 0 aromatic heterocycles. The second-order valence-electron chi connectivity index (χ2n) is 16.8. The van der Waals surface area contributed by atoms with Crippen molar-refractivity contribution in [1.82, 2.24) is 0 Å². The molecule has 0 radical (unpaired) electrons. The topological polar surface area (TPSA) is 36.9 Å². The minimum Gasteiger partial charge on any atom is -0.492 e. The summed E-state index contributed by atoms with van der Waals surface area (Å²) in [6.07, 6.45) is 17.1. The molecule has 4 nitrogen and oxygen atoms in total. The molecule has 0 unspecified atom stereocenters. The van der Waals surface area contributed by atoms with E-state index in [0.717, 1.165) is 72.7 Å². The van der Waals surface area contributed by atoms with Gasteiger partial charge in [-0.15, -0.1) is 0 Å². The molecular formula is C48H56O4. The molecule has 0 atom stereocenters.